The Morgan fingerprint density at radius 2 is 1.30 bits per heavy atom. The average molecular weight is 915 g/mol. The van der Waals surface area contributed by atoms with Crippen LogP contribution in [0.4, 0.5) is 22.7 Å². The van der Waals surface area contributed by atoms with E-state index in [1.807, 2.05) is 0 Å². The summed E-state index contributed by atoms with van der Waals surface area (Å²) in [7, 11) is 0. The molecule has 1 atom stereocenters. The third-order valence-corrected chi connectivity index (χ3v) is 13.8. The smallest absolute Gasteiger partial charge is 0.505 e. The van der Waals surface area contributed by atoms with E-state index >= 15 is 0 Å². The molecule has 56 heavy (non-hydrogen) atoms. The largest absolute Gasteiger partial charge is 4.00 e. The first-order valence-electron chi connectivity index (χ1n) is 20.7. The number of anilines is 4. The van der Waals surface area contributed by atoms with Gasteiger partial charge in [-0.2, -0.15) is 43.7 Å². The number of rotatable bonds is 5. The van der Waals surface area contributed by atoms with Gasteiger partial charge in [0.1, 0.15) is 0 Å². The average Bonchev–Trinajstić information content (AvgIpc) is 3.96. The van der Waals surface area contributed by atoms with Crippen molar-refractivity contribution in [2.45, 2.75) is 89.6 Å². The fraction of sp³-hybridized carbons (Fsp3) is 0.320. The van der Waals surface area contributed by atoms with Crippen LogP contribution < -0.4 is 14.7 Å². The van der Waals surface area contributed by atoms with Crippen LogP contribution in [0.15, 0.2) is 109 Å². The van der Waals surface area contributed by atoms with Crippen molar-refractivity contribution < 1.29 is 21.1 Å². The molecule has 4 heterocycles. The predicted molar refractivity (Wildman–Crippen MR) is 226 cm³/mol. The van der Waals surface area contributed by atoms with E-state index < -0.39 is 5.41 Å². The topological polar surface area (TPSA) is 17.9 Å². The summed E-state index contributed by atoms with van der Waals surface area (Å²) >= 11 is 0. The molecule has 1 aromatic heterocycles. The zero-order chi connectivity index (χ0) is 36.8. The van der Waals surface area contributed by atoms with E-state index in [4.69, 9.17) is 0 Å². The van der Waals surface area contributed by atoms with E-state index in [0.29, 0.717) is 12.1 Å². The summed E-state index contributed by atoms with van der Waals surface area (Å²) < 4.78 is 2.50. The van der Waals surface area contributed by atoms with Crippen molar-refractivity contribution in [1.82, 2.24) is 9.47 Å². The Morgan fingerprint density at radius 1 is 0.607 bits per heavy atom. The maximum Gasteiger partial charge on any atom is 4.00 e. The van der Waals surface area contributed by atoms with Crippen LogP contribution in [0, 0.1) is 37.3 Å². The zero-order valence-corrected chi connectivity index (χ0v) is 34.8. The van der Waals surface area contributed by atoms with E-state index in [1.165, 1.54) is 101 Å². The van der Waals surface area contributed by atoms with Gasteiger partial charge in [0.15, 0.2) is 0 Å². The molecule has 0 saturated heterocycles. The van der Waals surface area contributed by atoms with Crippen LogP contribution in [0.25, 0.3) is 27.5 Å². The second-order valence-electron chi connectivity index (χ2n) is 17.2. The number of fused-ring (bicyclic) bond motifs is 6. The van der Waals surface area contributed by atoms with Crippen LogP contribution in [0.1, 0.15) is 88.8 Å². The third-order valence-electron chi connectivity index (χ3n) is 13.8. The molecule has 6 aromatic rings. The fourth-order valence-corrected chi connectivity index (χ4v) is 10.6. The molecule has 0 bridgehead atoms. The first-order chi connectivity index (χ1) is 27.0. The van der Waals surface area contributed by atoms with E-state index in [0.717, 1.165) is 28.8 Å². The van der Waals surface area contributed by atoms with E-state index in [1.54, 1.807) is 0 Å². The number of benzene rings is 5. The molecule has 5 aliphatic rings. The quantitative estimate of drug-likeness (QED) is 0.160. The van der Waals surface area contributed by atoms with Gasteiger partial charge in [-0.1, -0.05) is 75.0 Å². The summed E-state index contributed by atoms with van der Waals surface area (Å²) in [5, 5.41) is 2.57. The Hall–Kier alpha value is -4.47. The summed E-state index contributed by atoms with van der Waals surface area (Å²) in [4.78, 5) is 9.65. The van der Waals surface area contributed by atoms with E-state index in [2.05, 4.69) is 180 Å². The van der Waals surface area contributed by atoms with Crippen molar-refractivity contribution in [3.05, 3.63) is 152 Å². The van der Waals surface area contributed by atoms with Gasteiger partial charge in [-0.15, -0.1) is 34.6 Å². The van der Waals surface area contributed by atoms with Crippen molar-refractivity contribution in [1.29, 1.82) is 0 Å². The monoisotopic (exact) mass is 914 g/mol. The number of para-hydroxylation sites is 4. The van der Waals surface area contributed by atoms with Crippen molar-refractivity contribution in [2.24, 2.45) is 11.8 Å². The maximum absolute atomic E-state index is 4.13. The van der Waals surface area contributed by atoms with E-state index in [-0.39, 0.29) is 21.1 Å². The van der Waals surface area contributed by atoms with Crippen LogP contribution in [-0.2, 0) is 26.5 Å². The Labute approximate surface area is 346 Å². The Bertz CT molecular complexity index is 2470. The molecule has 5 aromatic carbocycles. The molecule has 2 aliphatic carbocycles. The van der Waals surface area contributed by atoms with Crippen LogP contribution >= 0.6 is 0 Å². The Kier molecular flexibility index (Phi) is 8.89. The summed E-state index contributed by atoms with van der Waals surface area (Å²) in [5.41, 5.74) is 11.5. The SMILES string of the molecule is CC1CCC(N2C=CN(c3[c-]c(C4(C)c5[c-]c(N6[CH-]N(C7CCC(C)CC7)c7ccccc76)ccc5-n5c6ccccc6c6cccc4c65)ccc3)[CH-]2)CC1.[Pt+4]. The molecule has 0 radical (unpaired) electrons. The van der Waals surface area contributed by atoms with E-state index in [9.17, 15) is 0 Å². The van der Waals surface area contributed by atoms with Gasteiger partial charge in [0.25, 0.3) is 0 Å². The molecule has 11 rings (SSSR count). The van der Waals surface area contributed by atoms with Crippen molar-refractivity contribution in [2.75, 3.05) is 14.7 Å². The van der Waals surface area contributed by atoms with Crippen LogP contribution in [0.2, 0.25) is 0 Å². The molecule has 6 heteroatoms. The van der Waals surface area contributed by atoms with Crippen LogP contribution in [0.3, 0.4) is 0 Å². The molecule has 2 saturated carbocycles. The molecule has 0 spiro atoms. The standard InChI is InChI=1S/C50H49N5.Pt/c1-34-18-22-37(23-19-34)51-28-29-52(32-51)39-11-8-10-36(30-39)50(3)43-14-9-13-42-41-12-4-5-15-45(41)55(49(42)43)46-27-26-40(31-44(46)50)54-33-53(38-24-20-35(2)21-25-38)47-16-6-7-17-48(47)54;/h4-17,26-29,32-35,37-38H,18-25H2,1-3H3;/q-4;+4. The molecule has 3 aliphatic heterocycles. The molecule has 0 amide bonds. The molecular weight excluding hydrogens is 866 g/mol. The van der Waals surface area contributed by atoms with Gasteiger partial charge in [0, 0.05) is 50.7 Å². The van der Waals surface area contributed by atoms with Crippen molar-refractivity contribution in [3.8, 4) is 5.69 Å². The fourth-order valence-electron chi connectivity index (χ4n) is 10.6. The molecule has 284 valence electrons. The van der Waals surface area contributed by atoms with Gasteiger partial charge >= 0.3 is 21.1 Å². The second-order valence-corrected chi connectivity index (χ2v) is 17.2. The van der Waals surface area contributed by atoms with Gasteiger partial charge in [-0.25, -0.2) is 0 Å². The predicted octanol–water partition coefficient (Wildman–Crippen LogP) is 12.0. The molecular formula is C50H49N5Pt. The van der Waals surface area contributed by atoms with Crippen molar-refractivity contribution in [3.63, 3.8) is 0 Å². The summed E-state index contributed by atoms with van der Waals surface area (Å²) in [6, 6.07) is 45.3. The summed E-state index contributed by atoms with van der Waals surface area (Å²) in [6.07, 6.45) is 14.6. The van der Waals surface area contributed by atoms with Gasteiger partial charge in [-0.05, 0) is 99.4 Å². The van der Waals surface area contributed by atoms with Gasteiger partial charge in [0.2, 0.25) is 0 Å². The Morgan fingerprint density at radius 3 is 2.11 bits per heavy atom. The second kappa shape index (κ2) is 13.9. The van der Waals surface area contributed by atoms with Gasteiger partial charge < -0.3 is 24.2 Å². The third kappa shape index (κ3) is 5.51. The molecule has 0 N–H and O–H groups in total. The normalized spacial score (nSPS) is 25.5. The van der Waals surface area contributed by atoms with Crippen LogP contribution in [-0.4, -0.2) is 21.6 Å². The summed E-state index contributed by atoms with van der Waals surface area (Å²) in [5.74, 6) is 1.65. The molecule has 1 unspecified atom stereocenters. The number of hydrogen-bond acceptors (Lipinski definition) is 4. The maximum atomic E-state index is 4.13. The number of nitrogens with zero attached hydrogens (tertiary/aromatic N) is 5. The molecule has 5 nitrogen and oxygen atoms in total. The van der Waals surface area contributed by atoms with Gasteiger partial charge in [-0.3, -0.25) is 0 Å². The first-order valence-corrected chi connectivity index (χ1v) is 20.7. The minimum absolute atomic E-state index is 0. The van der Waals surface area contributed by atoms with Crippen LogP contribution in [0.5, 0.6) is 0 Å². The Balaban J connectivity index is 0.00000384. The van der Waals surface area contributed by atoms with Crippen molar-refractivity contribution >= 4 is 44.6 Å². The number of hydrogen-bond donors (Lipinski definition) is 0. The number of aromatic nitrogens is 1. The summed E-state index contributed by atoms with van der Waals surface area (Å²) in [6.45, 7) is 11.9. The minimum atomic E-state index is -0.522. The first kappa shape index (κ1) is 35.9. The zero-order valence-electron chi connectivity index (χ0n) is 32.6. The molecule has 2 fully saturated rings. The minimum Gasteiger partial charge on any atom is -0.505 e. The van der Waals surface area contributed by atoms with Gasteiger partial charge in [0.05, 0.1) is 0 Å².